The molecule has 0 saturated carbocycles. The van der Waals surface area contributed by atoms with Crippen molar-refractivity contribution < 1.29 is 36.6 Å². The molecule has 0 aliphatic rings. The number of amides is 1. The number of aryl methyl sites for hydroxylation is 3. The molecule has 2 N–H and O–H groups in total. The quantitative estimate of drug-likeness (QED) is 0.166. The maximum absolute atomic E-state index is 15.0. The van der Waals surface area contributed by atoms with E-state index in [0.717, 1.165) is 27.8 Å². The smallest absolute Gasteiger partial charge is 0.417 e. The molecule has 0 unspecified atom stereocenters. The molecule has 50 heavy (non-hydrogen) atoms. The fourth-order valence-electron chi connectivity index (χ4n) is 6.64. The van der Waals surface area contributed by atoms with Crippen LogP contribution in [-0.4, -0.2) is 27.6 Å². The Labute approximate surface area is 282 Å². The summed E-state index contributed by atoms with van der Waals surface area (Å²) in [6, 6.07) is 20.5. The minimum absolute atomic E-state index is 0.0141. The van der Waals surface area contributed by atoms with Crippen LogP contribution in [0, 0.1) is 25.5 Å². The Bertz CT molecular complexity index is 2400. The van der Waals surface area contributed by atoms with Crippen LogP contribution < -0.4 is 10.9 Å². The molecule has 6 nitrogen and oxygen atoms in total. The van der Waals surface area contributed by atoms with Gasteiger partial charge in [-0.15, -0.1) is 0 Å². The second-order valence-electron chi connectivity index (χ2n) is 12.1. The summed E-state index contributed by atoms with van der Waals surface area (Å²) in [6.45, 7) is 3.56. The molecular weight excluding hydrogens is 655 g/mol. The van der Waals surface area contributed by atoms with Crippen LogP contribution in [0.25, 0.3) is 43.9 Å². The molecule has 0 radical (unpaired) electrons. The molecule has 0 aliphatic heterocycles. The summed E-state index contributed by atoms with van der Waals surface area (Å²) in [5.41, 5.74) is -0.483. The molecular formula is C39H29F5N2O4. The number of fused-ring (bicyclic) bond motifs is 2. The summed E-state index contributed by atoms with van der Waals surface area (Å²) in [5, 5.41) is 12.8. The van der Waals surface area contributed by atoms with Crippen LogP contribution in [0.1, 0.15) is 32.6 Å². The first-order chi connectivity index (χ1) is 23.7. The second-order valence-corrected chi connectivity index (χ2v) is 12.1. The van der Waals surface area contributed by atoms with E-state index in [4.69, 9.17) is 0 Å². The molecule has 1 amide bonds. The molecule has 5 aromatic carbocycles. The number of para-hydroxylation sites is 1. The fourth-order valence-corrected chi connectivity index (χ4v) is 6.64. The molecule has 0 saturated heterocycles. The highest BCUT2D eigenvalue weighted by atomic mass is 19.4. The Balaban J connectivity index is 1.42. The van der Waals surface area contributed by atoms with Crippen molar-refractivity contribution in [1.82, 2.24) is 9.88 Å². The molecule has 0 spiro atoms. The van der Waals surface area contributed by atoms with E-state index in [2.05, 4.69) is 5.32 Å². The van der Waals surface area contributed by atoms with Gasteiger partial charge in [-0.1, -0.05) is 72.8 Å². The third-order valence-corrected chi connectivity index (χ3v) is 8.94. The highest BCUT2D eigenvalue weighted by Crippen LogP contribution is 2.42. The average molecular weight is 685 g/mol. The van der Waals surface area contributed by atoms with Crippen LogP contribution in [0.3, 0.4) is 0 Å². The van der Waals surface area contributed by atoms with E-state index in [1.54, 1.807) is 44.2 Å². The van der Waals surface area contributed by atoms with E-state index in [1.165, 1.54) is 55.6 Å². The van der Waals surface area contributed by atoms with Gasteiger partial charge < -0.3 is 15.0 Å². The Morgan fingerprint density at radius 2 is 1.44 bits per heavy atom. The molecule has 0 aliphatic carbocycles. The van der Waals surface area contributed by atoms with Crippen molar-refractivity contribution in [3.63, 3.8) is 0 Å². The minimum Gasteiger partial charge on any atom is -0.480 e. The molecule has 1 atom stereocenters. The Morgan fingerprint density at radius 1 is 0.820 bits per heavy atom. The number of hydrogen-bond acceptors (Lipinski definition) is 3. The van der Waals surface area contributed by atoms with Crippen LogP contribution in [0.4, 0.5) is 22.0 Å². The van der Waals surface area contributed by atoms with Crippen LogP contribution in [-0.2, 0) is 24.4 Å². The number of alkyl halides is 3. The predicted molar refractivity (Wildman–Crippen MR) is 181 cm³/mol. The van der Waals surface area contributed by atoms with E-state index in [0.29, 0.717) is 16.5 Å². The summed E-state index contributed by atoms with van der Waals surface area (Å²) in [7, 11) is 1.39. The van der Waals surface area contributed by atoms with Crippen molar-refractivity contribution >= 4 is 33.6 Å². The largest absolute Gasteiger partial charge is 0.480 e. The third-order valence-electron chi connectivity index (χ3n) is 8.94. The van der Waals surface area contributed by atoms with Gasteiger partial charge in [-0.25, -0.2) is 13.6 Å². The van der Waals surface area contributed by atoms with Gasteiger partial charge in [0.2, 0.25) is 0 Å². The number of aliphatic carboxylic acids is 1. The number of carbonyl (C=O) groups excluding carboxylic acids is 1. The number of pyridine rings is 1. The number of rotatable bonds is 7. The predicted octanol–water partition coefficient (Wildman–Crippen LogP) is 8.37. The van der Waals surface area contributed by atoms with Crippen LogP contribution >= 0.6 is 0 Å². The fraction of sp³-hybridized carbons (Fsp3) is 0.154. The zero-order valence-corrected chi connectivity index (χ0v) is 27.0. The molecule has 254 valence electrons. The number of hydrogen-bond donors (Lipinski definition) is 2. The van der Waals surface area contributed by atoms with Crippen LogP contribution in [0.15, 0.2) is 95.8 Å². The Morgan fingerprint density at radius 3 is 2.12 bits per heavy atom. The number of benzene rings is 5. The highest BCUT2D eigenvalue weighted by Gasteiger charge is 2.38. The van der Waals surface area contributed by atoms with Crippen molar-refractivity contribution in [2.24, 2.45) is 7.05 Å². The molecule has 6 aromatic rings. The number of carboxylic acids is 1. The molecule has 6 rings (SSSR count). The number of nitrogens with one attached hydrogen (secondary N) is 1. The van der Waals surface area contributed by atoms with Crippen LogP contribution in [0.2, 0.25) is 0 Å². The first kappa shape index (κ1) is 34.0. The molecule has 0 fully saturated rings. The number of carboxylic acid groups (broad SMARTS) is 1. The molecule has 0 bridgehead atoms. The van der Waals surface area contributed by atoms with Gasteiger partial charge >= 0.3 is 12.1 Å². The van der Waals surface area contributed by atoms with Gasteiger partial charge in [0, 0.05) is 18.9 Å². The lowest BCUT2D eigenvalue weighted by molar-refractivity contribution is -0.139. The number of nitrogens with zero attached hydrogens (tertiary/aromatic N) is 1. The lowest BCUT2D eigenvalue weighted by atomic mass is 9.90. The van der Waals surface area contributed by atoms with Gasteiger partial charge in [0.15, 0.2) is 11.6 Å². The lowest BCUT2D eigenvalue weighted by Gasteiger charge is -2.20. The number of carbonyl (C=O) groups is 2. The Hall–Kier alpha value is -5.84. The standard InChI is InChI=1S/C39H29F5N2O4/c1-20-9-6-10-21(2)32(20)23-17-28(35(41)29(40)18-23)36(47)45-30(38(49)50)19-22-11-7-14-25-24(22)13-8-15-26(25)33-34(39(42,43)44)27-12-4-5-16-31(27)46(3)37(33)48/h4-18,30H,19H2,1-3H3,(H,45,47)(H,49,50)/t30-/m0/s1. The average Bonchev–Trinajstić information content (AvgIpc) is 3.06. The topological polar surface area (TPSA) is 88.4 Å². The summed E-state index contributed by atoms with van der Waals surface area (Å²) in [6.07, 6.45) is -5.27. The first-order valence-electron chi connectivity index (χ1n) is 15.5. The Kier molecular flexibility index (Phi) is 8.77. The van der Waals surface area contributed by atoms with Crippen molar-refractivity contribution in [3.05, 3.63) is 141 Å². The van der Waals surface area contributed by atoms with Crippen molar-refractivity contribution in [2.75, 3.05) is 0 Å². The number of halogens is 5. The van der Waals surface area contributed by atoms with Gasteiger partial charge in [-0.05, 0) is 76.2 Å². The van der Waals surface area contributed by atoms with E-state index in [1.807, 2.05) is 0 Å². The van der Waals surface area contributed by atoms with E-state index < -0.39 is 58.0 Å². The first-order valence-corrected chi connectivity index (χ1v) is 15.5. The van der Waals surface area contributed by atoms with E-state index in [-0.39, 0.29) is 33.8 Å². The van der Waals surface area contributed by atoms with Crippen molar-refractivity contribution in [3.8, 4) is 22.3 Å². The molecule has 1 aromatic heterocycles. The molecule has 11 heteroatoms. The summed E-state index contributed by atoms with van der Waals surface area (Å²) < 4.78 is 75.1. The number of aromatic nitrogens is 1. The zero-order chi connectivity index (χ0) is 36.1. The SMILES string of the molecule is Cc1cccc(C)c1-c1cc(F)c(F)c(C(=O)N[C@@H](Cc2cccc3c(-c4c(C(F)(F)F)c5ccccc5n(C)c4=O)cccc23)C(=O)O)c1. The van der Waals surface area contributed by atoms with E-state index in [9.17, 15) is 37.1 Å². The van der Waals surface area contributed by atoms with Crippen molar-refractivity contribution in [2.45, 2.75) is 32.5 Å². The lowest BCUT2D eigenvalue weighted by Crippen LogP contribution is -2.42. The summed E-state index contributed by atoms with van der Waals surface area (Å²) in [4.78, 5) is 39.4. The minimum atomic E-state index is -4.90. The second kappa shape index (κ2) is 12.9. The molecule has 1 heterocycles. The van der Waals surface area contributed by atoms with Gasteiger partial charge in [0.25, 0.3) is 11.5 Å². The van der Waals surface area contributed by atoms with Gasteiger partial charge in [-0.3, -0.25) is 9.59 Å². The maximum atomic E-state index is 15.0. The maximum Gasteiger partial charge on any atom is 0.417 e. The monoisotopic (exact) mass is 684 g/mol. The van der Waals surface area contributed by atoms with Crippen LogP contribution in [0.5, 0.6) is 0 Å². The highest BCUT2D eigenvalue weighted by molar-refractivity contribution is 6.02. The van der Waals surface area contributed by atoms with Crippen molar-refractivity contribution in [1.29, 1.82) is 0 Å². The third kappa shape index (κ3) is 5.99. The zero-order valence-electron chi connectivity index (χ0n) is 27.0. The van der Waals surface area contributed by atoms with Gasteiger partial charge in [0.1, 0.15) is 6.04 Å². The van der Waals surface area contributed by atoms with E-state index >= 15 is 4.39 Å². The normalized spacial score (nSPS) is 12.3. The summed E-state index contributed by atoms with van der Waals surface area (Å²) in [5.74, 6) is -5.39. The summed E-state index contributed by atoms with van der Waals surface area (Å²) >= 11 is 0. The van der Waals surface area contributed by atoms with Gasteiger partial charge in [0.05, 0.1) is 22.2 Å². The van der Waals surface area contributed by atoms with Gasteiger partial charge in [-0.2, -0.15) is 13.2 Å².